The Kier molecular flexibility index (Phi) is 4.62. The Bertz CT molecular complexity index is 1460. The molecule has 8 heteroatoms. The Hall–Kier alpha value is -4.20. The number of hydrogen-bond donors (Lipinski definition) is 2. The van der Waals surface area contributed by atoms with Gasteiger partial charge in [0.1, 0.15) is 0 Å². The first-order valence-electron chi connectivity index (χ1n) is 10.2. The molecular formula is C24H19N3O5. The van der Waals surface area contributed by atoms with Crippen molar-refractivity contribution in [1.82, 2.24) is 14.4 Å². The number of ether oxygens (including phenoxy) is 1. The van der Waals surface area contributed by atoms with Crippen LogP contribution < -0.4 is 5.56 Å². The number of carboxylic acid groups (broad SMARTS) is 1. The molecular weight excluding hydrogens is 410 g/mol. The summed E-state index contributed by atoms with van der Waals surface area (Å²) in [5, 5.41) is 9.26. The number of aromatic nitrogens is 3. The highest BCUT2D eigenvalue weighted by Crippen LogP contribution is 2.37. The van der Waals surface area contributed by atoms with Gasteiger partial charge in [0, 0.05) is 23.7 Å². The maximum Gasteiger partial charge on any atom is 0.338 e. The predicted molar refractivity (Wildman–Crippen MR) is 117 cm³/mol. The average Bonchev–Trinajstić information content (AvgIpc) is 3.37. The number of fused-ring (bicyclic) bond motifs is 5. The first kappa shape index (κ1) is 19.7. The van der Waals surface area contributed by atoms with Crippen LogP contribution in [-0.4, -0.2) is 38.0 Å². The van der Waals surface area contributed by atoms with Gasteiger partial charge in [-0.05, 0) is 24.1 Å². The highest BCUT2D eigenvalue weighted by Gasteiger charge is 2.27. The topological polar surface area (TPSA) is 114 Å². The summed E-state index contributed by atoms with van der Waals surface area (Å²) in [6.45, 7) is 1.99. The summed E-state index contributed by atoms with van der Waals surface area (Å²) >= 11 is 0. The van der Waals surface area contributed by atoms with E-state index in [9.17, 15) is 19.5 Å². The molecule has 0 amide bonds. The van der Waals surface area contributed by atoms with Gasteiger partial charge in [0.15, 0.2) is 0 Å². The van der Waals surface area contributed by atoms with Crippen molar-refractivity contribution >= 4 is 17.6 Å². The Morgan fingerprint density at radius 2 is 1.94 bits per heavy atom. The summed E-state index contributed by atoms with van der Waals surface area (Å²) in [5.74, 6) is -1.36. The SMILES string of the molecule is CCOC(=O)c1ccccc1-c1cn2c3c([nH]c(=O)c2n1)-c1cccc(CC(=O)O)c1C3. The lowest BCUT2D eigenvalue weighted by Gasteiger charge is -2.06. The zero-order valence-electron chi connectivity index (χ0n) is 17.2. The van der Waals surface area contributed by atoms with Crippen LogP contribution >= 0.6 is 0 Å². The third kappa shape index (κ3) is 3.08. The molecule has 4 aromatic rings. The number of nitrogens with zero attached hydrogens (tertiary/aromatic N) is 2. The number of carbonyl (C=O) groups excluding carboxylic acids is 1. The van der Waals surface area contributed by atoms with Gasteiger partial charge in [0.25, 0.3) is 5.56 Å². The van der Waals surface area contributed by atoms with Crippen molar-refractivity contribution in [3.05, 3.63) is 81.4 Å². The number of aromatic amines is 1. The van der Waals surface area contributed by atoms with Crippen LogP contribution in [0.25, 0.3) is 28.2 Å². The molecule has 1 aliphatic carbocycles. The number of esters is 1. The first-order valence-corrected chi connectivity index (χ1v) is 10.2. The van der Waals surface area contributed by atoms with Crippen molar-refractivity contribution in [3.63, 3.8) is 0 Å². The van der Waals surface area contributed by atoms with Crippen molar-refractivity contribution < 1.29 is 19.4 Å². The quantitative estimate of drug-likeness (QED) is 0.415. The molecule has 160 valence electrons. The van der Waals surface area contributed by atoms with Crippen LogP contribution in [0.2, 0.25) is 0 Å². The second-order valence-corrected chi connectivity index (χ2v) is 7.55. The highest BCUT2D eigenvalue weighted by atomic mass is 16.5. The summed E-state index contributed by atoms with van der Waals surface area (Å²) in [7, 11) is 0. The third-order valence-electron chi connectivity index (χ3n) is 5.65. The van der Waals surface area contributed by atoms with Gasteiger partial charge in [-0.2, -0.15) is 0 Å². The monoisotopic (exact) mass is 429 g/mol. The third-order valence-corrected chi connectivity index (χ3v) is 5.65. The predicted octanol–water partition coefficient (Wildman–Crippen LogP) is 3.06. The van der Waals surface area contributed by atoms with E-state index in [0.717, 1.165) is 16.8 Å². The van der Waals surface area contributed by atoms with E-state index < -0.39 is 11.9 Å². The number of hydrogen-bond acceptors (Lipinski definition) is 5. The van der Waals surface area contributed by atoms with Crippen molar-refractivity contribution in [2.75, 3.05) is 6.61 Å². The fourth-order valence-corrected chi connectivity index (χ4v) is 4.30. The Morgan fingerprint density at radius 3 is 2.72 bits per heavy atom. The molecule has 2 N–H and O–H groups in total. The molecule has 32 heavy (non-hydrogen) atoms. The number of carboxylic acids is 1. The van der Waals surface area contributed by atoms with Gasteiger partial charge in [-0.15, -0.1) is 0 Å². The van der Waals surface area contributed by atoms with Crippen molar-refractivity contribution in [2.45, 2.75) is 19.8 Å². The van der Waals surface area contributed by atoms with Crippen molar-refractivity contribution in [1.29, 1.82) is 0 Å². The van der Waals surface area contributed by atoms with Gasteiger partial charge in [-0.25, -0.2) is 9.78 Å². The molecule has 0 fully saturated rings. The lowest BCUT2D eigenvalue weighted by Crippen LogP contribution is -2.13. The average molecular weight is 429 g/mol. The minimum Gasteiger partial charge on any atom is -0.481 e. The second kappa shape index (κ2) is 7.49. The molecule has 0 spiro atoms. The highest BCUT2D eigenvalue weighted by molar-refractivity contribution is 5.97. The summed E-state index contributed by atoms with van der Waals surface area (Å²) in [6.07, 6.45) is 2.12. The minimum absolute atomic E-state index is 0.0906. The number of nitrogens with one attached hydrogen (secondary N) is 1. The number of carbonyl (C=O) groups is 2. The van der Waals surface area contributed by atoms with Gasteiger partial charge >= 0.3 is 11.9 Å². The van der Waals surface area contributed by atoms with E-state index in [2.05, 4.69) is 9.97 Å². The summed E-state index contributed by atoms with van der Waals surface area (Å²) in [6, 6.07) is 12.4. The van der Waals surface area contributed by atoms with E-state index in [-0.39, 0.29) is 24.2 Å². The number of imidazole rings is 1. The van der Waals surface area contributed by atoms with Gasteiger partial charge in [0.05, 0.1) is 35.7 Å². The summed E-state index contributed by atoms with van der Waals surface area (Å²) in [4.78, 5) is 44.0. The zero-order valence-corrected chi connectivity index (χ0v) is 17.2. The van der Waals surface area contributed by atoms with Gasteiger partial charge in [-0.1, -0.05) is 36.4 Å². The number of benzene rings is 2. The number of rotatable bonds is 5. The minimum atomic E-state index is -0.909. The Balaban J connectivity index is 1.67. The van der Waals surface area contributed by atoms with E-state index in [1.165, 1.54) is 0 Å². The van der Waals surface area contributed by atoms with Gasteiger partial charge in [-0.3, -0.25) is 14.0 Å². The summed E-state index contributed by atoms with van der Waals surface area (Å²) < 4.78 is 6.89. The molecule has 0 unspecified atom stereocenters. The molecule has 0 radical (unpaired) electrons. The van der Waals surface area contributed by atoms with Crippen LogP contribution in [0.15, 0.2) is 53.5 Å². The van der Waals surface area contributed by atoms with Gasteiger partial charge in [0.2, 0.25) is 5.65 Å². The maximum absolute atomic E-state index is 12.9. The molecule has 0 aliphatic heterocycles. The normalized spacial score (nSPS) is 11.9. The molecule has 0 atom stereocenters. The van der Waals surface area contributed by atoms with Crippen LogP contribution in [0, 0.1) is 0 Å². The first-order chi connectivity index (χ1) is 15.5. The molecule has 5 rings (SSSR count). The van der Waals surface area contributed by atoms with Crippen LogP contribution in [0.5, 0.6) is 0 Å². The molecule has 2 aromatic carbocycles. The molecule has 0 saturated heterocycles. The van der Waals surface area contributed by atoms with Crippen molar-refractivity contribution in [2.24, 2.45) is 0 Å². The smallest absolute Gasteiger partial charge is 0.338 e. The van der Waals surface area contributed by atoms with Crippen LogP contribution in [0.3, 0.4) is 0 Å². The van der Waals surface area contributed by atoms with Crippen LogP contribution in [0.4, 0.5) is 0 Å². The van der Waals surface area contributed by atoms with E-state index in [4.69, 9.17) is 4.74 Å². The maximum atomic E-state index is 12.9. The van der Waals surface area contributed by atoms with E-state index in [1.54, 1.807) is 53.9 Å². The molecule has 0 saturated carbocycles. The summed E-state index contributed by atoms with van der Waals surface area (Å²) in [5.41, 5.74) is 5.18. The lowest BCUT2D eigenvalue weighted by molar-refractivity contribution is -0.136. The Labute approximate surface area is 182 Å². The number of aliphatic carboxylic acids is 1. The largest absolute Gasteiger partial charge is 0.481 e. The second-order valence-electron chi connectivity index (χ2n) is 7.55. The van der Waals surface area contributed by atoms with E-state index in [0.29, 0.717) is 34.5 Å². The molecule has 0 bridgehead atoms. The van der Waals surface area contributed by atoms with E-state index in [1.807, 2.05) is 6.07 Å². The van der Waals surface area contributed by atoms with Gasteiger partial charge < -0.3 is 14.8 Å². The lowest BCUT2D eigenvalue weighted by atomic mass is 10.0. The fourth-order valence-electron chi connectivity index (χ4n) is 4.30. The van der Waals surface area contributed by atoms with Crippen molar-refractivity contribution in [3.8, 4) is 22.5 Å². The standard InChI is InChI=1S/C24H19N3O5/c1-2-32-24(31)16-8-4-3-7-14(16)18-12-27-19-11-17-13(10-20(28)29)6-5-9-15(17)21(19)26-23(30)22(27)25-18/h3-9,12H,2,10-11H2,1H3,(H,26,30)(H,28,29). The van der Waals surface area contributed by atoms with Crippen LogP contribution in [-0.2, 0) is 22.4 Å². The molecule has 1 aliphatic rings. The molecule has 2 heterocycles. The van der Waals surface area contributed by atoms with Crippen LogP contribution in [0.1, 0.15) is 34.1 Å². The zero-order chi connectivity index (χ0) is 22.4. The number of H-pyrrole nitrogens is 1. The van der Waals surface area contributed by atoms with E-state index >= 15 is 0 Å². The fraction of sp³-hybridized carbons (Fsp3) is 0.167. The molecule has 2 aromatic heterocycles. The molecule has 8 nitrogen and oxygen atoms in total. The Morgan fingerprint density at radius 1 is 1.16 bits per heavy atom.